The van der Waals surface area contributed by atoms with Crippen LogP contribution in [-0.4, -0.2) is 75.8 Å². The van der Waals surface area contributed by atoms with Gasteiger partial charge in [0.25, 0.3) is 11.8 Å². The monoisotopic (exact) mass is 500 g/mol. The van der Waals surface area contributed by atoms with Crippen LogP contribution in [0.4, 0.5) is 5.13 Å². The molecule has 0 unspecified atom stereocenters. The minimum absolute atomic E-state index is 0.0502. The van der Waals surface area contributed by atoms with Gasteiger partial charge in [0.05, 0.1) is 12.1 Å². The Morgan fingerprint density at radius 3 is 2.69 bits per heavy atom. The Kier molecular flexibility index (Phi) is 6.75. The van der Waals surface area contributed by atoms with Crippen LogP contribution < -0.4 is 11.1 Å². The lowest BCUT2D eigenvalue weighted by atomic mass is 10.1. The average Bonchev–Trinajstić information content (AvgIpc) is 3.51. The van der Waals surface area contributed by atoms with E-state index in [0.717, 1.165) is 21.9 Å². The summed E-state index contributed by atoms with van der Waals surface area (Å²) < 4.78 is 5.25. The molecule has 0 bridgehead atoms. The second kappa shape index (κ2) is 9.90. The zero-order chi connectivity index (χ0) is 25.1. The number of aromatic nitrogens is 1. The lowest BCUT2D eigenvalue weighted by Gasteiger charge is -2.18. The number of hydrazine groups is 1. The van der Waals surface area contributed by atoms with Crippen LogP contribution in [0, 0.1) is 0 Å². The number of esters is 1. The molecule has 2 aromatic rings. The molecule has 0 saturated carbocycles. The van der Waals surface area contributed by atoms with E-state index in [4.69, 9.17) is 15.3 Å². The first-order valence-electron chi connectivity index (χ1n) is 10.2. The second-order valence-corrected chi connectivity index (χ2v) is 8.30. The third-order valence-corrected chi connectivity index (χ3v) is 5.82. The number of oxime groups is 1. The summed E-state index contributed by atoms with van der Waals surface area (Å²) in [5.74, 6) is -3.80. The number of nitrogen functional groups attached to an aromatic ring is 1. The zero-order valence-electron chi connectivity index (χ0n) is 18.3. The lowest BCUT2D eigenvalue weighted by molar-refractivity contribution is -0.144. The van der Waals surface area contributed by atoms with Crippen molar-refractivity contribution in [3.63, 3.8) is 0 Å². The van der Waals surface area contributed by atoms with E-state index in [2.05, 4.69) is 15.5 Å². The fraction of sp³-hybridized carbons (Fsp3) is 0.238. The third kappa shape index (κ3) is 4.83. The van der Waals surface area contributed by atoms with Gasteiger partial charge < -0.3 is 25.7 Å². The van der Waals surface area contributed by atoms with E-state index in [9.17, 15) is 24.3 Å². The number of anilines is 1. The average molecular weight is 500 g/mol. The van der Waals surface area contributed by atoms with Crippen LogP contribution in [0.5, 0.6) is 0 Å². The van der Waals surface area contributed by atoms with Gasteiger partial charge in [0.2, 0.25) is 0 Å². The van der Waals surface area contributed by atoms with Gasteiger partial charge in [-0.3, -0.25) is 9.59 Å². The van der Waals surface area contributed by atoms with Gasteiger partial charge in [-0.1, -0.05) is 35.5 Å². The van der Waals surface area contributed by atoms with Crippen LogP contribution in [-0.2, 0) is 35.4 Å². The maximum atomic E-state index is 13.0. The summed E-state index contributed by atoms with van der Waals surface area (Å²) in [5.41, 5.74) is 5.63. The molecule has 14 heteroatoms. The minimum atomic E-state index is -1.47. The number of nitrogens with zero attached hydrogens (tertiary/aromatic N) is 4. The van der Waals surface area contributed by atoms with E-state index in [1.807, 2.05) is 6.07 Å². The van der Waals surface area contributed by atoms with Crippen LogP contribution in [0.2, 0.25) is 0 Å². The van der Waals surface area contributed by atoms with Crippen LogP contribution in [0.1, 0.15) is 11.3 Å². The highest BCUT2D eigenvalue weighted by Crippen LogP contribution is 2.30. The first-order valence-corrected chi connectivity index (χ1v) is 11.1. The molecule has 1 saturated heterocycles. The summed E-state index contributed by atoms with van der Waals surface area (Å²) in [6.45, 7) is -0.295. The molecule has 0 radical (unpaired) electrons. The van der Waals surface area contributed by atoms with Crippen molar-refractivity contribution in [1.29, 1.82) is 0 Å². The fourth-order valence-electron chi connectivity index (χ4n) is 3.65. The molecule has 0 spiro atoms. The van der Waals surface area contributed by atoms with Crippen molar-refractivity contribution in [3.05, 3.63) is 58.2 Å². The van der Waals surface area contributed by atoms with Gasteiger partial charge in [-0.2, -0.15) is 0 Å². The van der Waals surface area contributed by atoms with Crippen LogP contribution in [0.15, 0.2) is 52.1 Å². The standard InChI is InChI=1S/C21H20N6O7S/c1-33-25-15(14-10-35-21(22)24-14)17(28)23-13-8-26-7-12(16(19(30)31)27(26)18(13)29)20(32)34-9-11-5-3-2-4-6-11/h2-6,10,13H,7-9H2,1H3,(H2,22,24)(H,23,28)(H,30,31)/t13-/m1/s1. The number of amides is 2. The molecule has 1 atom stereocenters. The molecular weight excluding hydrogens is 480 g/mol. The number of hydrogen-bond donors (Lipinski definition) is 3. The first-order chi connectivity index (χ1) is 16.8. The number of carboxylic acid groups (broad SMARTS) is 1. The van der Waals surface area contributed by atoms with Gasteiger partial charge in [0, 0.05) is 11.9 Å². The molecule has 13 nitrogen and oxygen atoms in total. The highest BCUT2D eigenvalue weighted by Gasteiger charge is 2.50. The number of fused-ring (bicyclic) bond motifs is 1. The predicted octanol–water partition coefficient (Wildman–Crippen LogP) is -0.284. The number of carboxylic acids is 1. The Morgan fingerprint density at radius 1 is 1.31 bits per heavy atom. The molecule has 0 aliphatic carbocycles. The van der Waals surface area contributed by atoms with Gasteiger partial charge in [-0.25, -0.2) is 24.6 Å². The molecule has 4 rings (SSSR count). The first kappa shape index (κ1) is 23.8. The van der Waals surface area contributed by atoms with E-state index in [1.54, 1.807) is 24.3 Å². The minimum Gasteiger partial charge on any atom is -0.477 e. The molecule has 3 heterocycles. The Hall–Kier alpha value is -4.30. The summed E-state index contributed by atoms with van der Waals surface area (Å²) in [4.78, 5) is 59.1. The Balaban J connectivity index is 1.49. The third-order valence-electron chi connectivity index (χ3n) is 5.15. The number of carbonyl (C=O) groups is 4. The van der Waals surface area contributed by atoms with E-state index < -0.39 is 35.5 Å². The Labute approximate surface area is 202 Å². The quantitative estimate of drug-likeness (QED) is 0.248. The summed E-state index contributed by atoms with van der Waals surface area (Å²) in [5, 5.41) is 19.8. The van der Waals surface area contributed by atoms with Crippen molar-refractivity contribution in [1.82, 2.24) is 20.3 Å². The van der Waals surface area contributed by atoms with Crippen LogP contribution >= 0.6 is 11.3 Å². The molecule has 1 fully saturated rings. The molecule has 1 aromatic carbocycles. The van der Waals surface area contributed by atoms with E-state index >= 15 is 0 Å². The van der Waals surface area contributed by atoms with Gasteiger partial charge >= 0.3 is 11.9 Å². The van der Waals surface area contributed by atoms with Crippen molar-refractivity contribution in [2.75, 3.05) is 25.9 Å². The molecule has 4 N–H and O–H groups in total. The highest BCUT2D eigenvalue weighted by atomic mass is 32.1. The number of ether oxygens (including phenoxy) is 1. The van der Waals surface area contributed by atoms with Crippen molar-refractivity contribution < 1.29 is 33.9 Å². The van der Waals surface area contributed by atoms with Crippen LogP contribution in [0.25, 0.3) is 0 Å². The topological polar surface area (TPSA) is 177 Å². The number of thiazole rings is 1. The molecule has 2 aliphatic heterocycles. The van der Waals surface area contributed by atoms with Crippen molar-refractivity contribution in [2.24, 2.45) is 5.16 Å². The van der Waals surface area contributed by atoms with E-state index in [-0.39, 0.29) is 41.8 Å². The normalized spacial score (nSPS) is 18.0. The highest BCUT2D eigenvalue weighted by molar-refractivity contribution is 7.13. The number of nitrogens with one attached hydrogen (secondary N) is 1. The van der Waals surface area contributed by atoms with E-state index in [0.29, 0.717) is 0 Å². The zero-order valence-corrected chi connectivity index (χ0v) is 19.2. The van der Waals surface area contributed by atoms with Crippen molar-refractivity contribution in [3.8, 4) is 0 Å². The Bertz CT molecular complexity index is 1240. The van der Waals surface area contributed by atoms with Gasteiger partial charge in [-0.05, 0) is 5.56 Å². The number of aliphatic carboxylic acids is 1. The predicted molar refractivity (Wildman–Crippen MR) is 121 cm³/mol. The SMILES string of the molecule is CON=C(C(=O)N[C@@H]1CN2CC(C(=O)OCc3ccccc3)=C(C(=O)O)N2C1=O)c1csc(N)n1. The number of nitrogens with two attached hydrogens (primary N) is 1. The molecule has 182 valence electrons. The van der Waals surface area contributed by atoms with Gasteiger partial charge in [0.15, 0.2) is 16.5 Å². The maximum absolute atomic E-state index is 13.0. The molecule has 2 amide bonds. The largest absolute Gasteiger partial charge is 0.477 e. The molecule has 2 aliphatic rings. The number of rotatable bonds is 8. The summed E-state index contributed by atoms with van der Waals surface area (Å²) in [7, 11) is 1.24. The van der Waals surface area contributed by atoms with Crippen LogP contribution in [0.3, 0.4) is 0 Å². The lowest BCUT2D eigenvalue weighted by Crippen LogP contribution is -2.46. The van der Waals surface area contributed by atoms with Gasteiger partial charge in [-0.15, -0.1) is 11.3 Å². The summed E-state index contributed by atoms with van der Waals surface area (Å²) in [6, 6.07) is 7.79. The smallest absolute Gasteiger partial charge is 0.354 e. The number of benzene rings is 1. The fourth-order valence-corrected chi connectivity index (χ4v) is 4.19. The summed E-state index contributed by atoms with van der Waals surface area (Å²) in [6.07, 6.45) is 0. The van der Waals surface area contributed by atoms with Crippen molar-refractivity contribution >= 4 is 45.9 Å². The second-order valence-electron chi connectivity index (χ2n) is 7.41. The summed E-state index contributed by atoms with van der Waals surface area (Å²) >= 11 is 1.09. The molecule has 1 aromatic heterocycles. The number of hydrogen-bond acceptors (Lipinski definition) is 11. The van der Waals surface area contributed by atoms with Gasteiger partial charge in [0.1, 0.15) is 25.5 Å². The molecular formula is C21H20N6O7S. The molecule has 35 heavy (non-hydrogen) atoms. The van der Waals surface area contributed by atoms with E-state index in [1.165, 1.54) is 17.5 Å². The number of carbonyl (C=O) groups excluding carboxylic acids is 3. The van der Waals surface area contributed by atoms with Crippen molar-refractivity contribution in [2.45, 2.75) is 12.6 Å². The maximum Gasteiger partial charge on any atom is 0.354 e. The Morgan fingerprint density at radius 2 is 2.06 bits per heavy atom.